The molecule has 1 saturated heterocycles. The Morgan fingerprint density at radius 2 is 2.00 bits per heavy atom. The zero-order valence-corrected chi connectivity index (χ0v) is 13.0. The van der Waals surface area contributed by atoms with Crippen molar-refractivity contribution in [3.05, 3.63) is 41.5 Å². The van der Waals surface area contributed by atoms with Gasteiger partial charge >= 0.3 is 12.1 Å². The van der Waals surface area contributed by atoms with Crippen molar-refractivity contribution in [2.45, 2.75) is 20.0 Å². The summed E-state index contributed by atoms with van der Waals surface area (Å²) in [5, 5.41) is 0. The largest absolute Gasteiger partial charge is 0.466 e. The predicted octanol–water partition coefficient (Wildman–Crippen LogP) is 1.97. The van der Waals surface area contributed by atoms with Gasteiger partial charge in [0.1, 0.15) is 12.5 Å². The van der Waals surface area contributed by atoms with Gasteiger partial charge in [0, 0.05) is 12.1 Å². The molecule has 1 aliphatic heterocycles. The lowest BCUT2D eigenvalue weighted by atomic mass is 9.92. The third-order valence-electron chi connectivity index (χ3n) is 3.64. The zero-order valence-electron chi connectivity index (χ0n) is 13.0. The Morgan fingerprint density at radius 3 is 2.65 bits per heavy atom. The molecule has 1 atom stereocenters. The SMILES string of the molecule is CCOC(=O)C1CCN(C(=O)OCc2ccccc2)CC1=C=O. The van der Waals surface area contributed by atoms with Crippen LogP contribution in [-0.4, -0.2) is 42.6 Å². The Hall–Kier alpha value is -2.59. The summed E-state index contributed by atoms with van der Waals surface area (Å²) in [6.07, 6.45) is -0.173. The van der Waals surface area contributed by atoms with Crippen LogP contribution in [0.15, 0.2) is 35.9 Å². The van der Waals surface area contributed by atoms with E-state index in [0.717, 1.165) is 5.56 Å². The summed E-state index contributed by atoms with van der Waals surface area (Å²) < 4.78 is 10.2. The first-order valence-electron chi connectivity index (χ1n) is 7.51. The molecule has 1 aliphatic rings. The highest BCUT2D eigenvalue weighted by Gasteiger charge is 2.33. The van der Waals surface area contributed by atoms with E-state index in [1.807, 2.05) is 30.3 Å². The van der Waals surface area contributed by atoms with E-state index in [1.54, 1.807) is 12.9 Å². The maximum atomic E-state index is 12.1. The van der Waals surface area contributed by atoms with E-state index in [0.29, 0.717) is 13.0 Å². The van der Waals surface area contributed by atoms with Gasteiger partial charge in [0.2, 0.25) is 0 Å². The molecule has 1 fully saturated rings. The van der Waals surface area contributed by atoms with Crippen LogP contribution >= 0.6 is 0 Å². The minimum atomic E-state index is -0.620. The molecule has 1 unspecified atom stereocenters. The number of carbonyl (C=O) groups excluding carboxylic acids is 3. The molecule has 0 N–H and O–H groups in total. The second kappa shape index (κ2) is 8.15. The molecule has 6 heteroatoms. The highest BCUT2D eigenvalue weighted by Crippen LogP contribution is 2.23. The number of amides is 1. The molecule has 6 nitrogen and oxygen atoms in total. The van der Waals surface area contributed by atoms with Crippen molar-refractivity contribution in [3.8, 4) is 0 Å². The second-order valence-electron chi connectivity index (χ2n) is 5.18. The highest BCUT2D eigenvalue weighted by atomic mass is 16.6. The number of benzene rings is 1. The maximum Gasteiger partial charge on any atom is 0.410 e. The lowest BCUT2D eigenvalue weighted by Gasteiger charge is -2.30. The van der Waals surface area contributed by atoms with E-state index in [2.05, 4.69) is 0 Å². The number of rotatable bonds is 4. The van der Waals surface area contributed by atoms with Crippen LogP contribution in [0.2, 0.25) is 0 Å². The van der Waals surface area contributed by atoms with E-state index in [9.17, 15) is 14.4 Å². The average molecular weight is 317 g/mol. The second-order valence-corrected chi connectivity index (χ2v) is 5.18. The molecule has 0 aliphatic carbocycles. The lowest BCUT2D eigenvalue weighted by molar-refractivity contribution is -0.147. The fraction of sp³-hybridized carbons (Fsp3) is 0.412. The van der Waals surface area contributed by atoms with Gasteiger partial charge in [0.15, 0.2) is 0 Å². The van der Waals surface area contributed by atoms with E-state index < -0.39 is 18.0 Å². The van der Waals surface area contributed by atoms with Gasteiger partial charge in [0.05, 0.1) is 19.1 Å². The lowest BCUT2D eigenvalue weighted by Crippen LogP contribution is -2.42. The van der Waals surface area contributed by atoms with Crippen LogP contribution in [0.3, 0.4) is 0 Å². The van der Waals surface area contributed by atoms with Crippen molar-refractivity contribution >= 4 is 18.0 Å². The molecule has 1 heterocycles. The first-order valence-corrected chi connectivity index (χ1v) is 7.51. The summed E-state index contributed by atoms with van der Waals surface area (Å²) in [7, 11) is 0. The molecule has 1 amide bonds. The Morgan fingerprint density at radius 1 is 1.26 bits per heavy atom. The number of likely N-dealkylation sites (tertiary alicyclic amines) is 1. The Balaban J connectivity index is 1.91. The number of ether oxygens (including phenoxy) is 2. The topological polar surface area (TPSA) is 72.9 Å². The minimum absolute atomic E-state index is 0.0423. The highest BCUT2D eigenvalue weighted by molar-refractivity contribution is 5.81. The molecular weight excluding hydrogens is 298 g/mol. The van der Waals surface area contributed by atoms with Gasteiger partial charge in [-0.3, -0.25) is 4.79 Å². The van der Waals surface area contributed by atoms with Crippen LogP contribution in [0.25, 0.3) is 0 Å². The molecule has 0 saturated carbocycles. The predicted molar refractivity (Wildman–Crippen MR) is 82.1 cm³/mol. The Labute approximate surface area is 134 Å². The zero-order chi connectivity index (χ0) is 16.7. The average Bonchev–Trinajstić information content (AvgIpc) is 2.60. The fourth-order valence-corrected chi connectivity index (χ4v) is 2.43. The van der Waals surface area contributed by atoms with E-state index in [4.69, 9.17) is 9.47 Å². The van der Waals surface area contributed by atoms with Gasteiger partial charge in [-0.25, -0.2) is 9.59 Å². The molecule has 1 aromatic carbocycles. The standard InChI is InChI=1S/C17H19NO5/c1-2-22-16(20)15-8-9-18(10-14(15)11-19)17(21)23-12-13-6-4-3-5-7-13/h3-7,15H,2,8-10,12H2,1H3. The van der Waals surface area contributed by atoms with Crippen molar-refractivity contribution in [2.24, 2.45) is 5.92 Å². The molecule has 0 radical (unpaired) electrons. The number of carbonyl (C=O) groups is 2. The van der Waals surface area contributed by atoms with Crippen LogP contribution in [0.4, 0.5) is 4.79 Å². The minimum Gasteiger partial charge on any atom is -0.466 e. The van der Waals surface area contributed by atoms with Gasteiger partial charge in [-0.15, -0.1) is 0 Å². The van der Waals surface area contributed by atoms with Crippen LogP contribution in [0.5, 0.6) is 0 Å². The summed E-state index contributed by atoms with van der Waals surface area (Å²) >= 11 is 0. The summed E-state index contributed by atoms with van der Waals surface area (Å²) in [6.45, 7) is 2.50. The molecule has 122 valence electrons. The van der Waals surface area contributed by atoms with Crippen LogP contribution < -0.4 is 0 Å². The summed E-state index contributed by atoms with van der Waals surface area (Å²) in [6, 6.07) is 9.32. The van der Waals surface area contributed by atoms with Crippen molar-refractivity contribution < 1.29 is 23.9 Å². The third-order valence-corrected chi connectivity index (χ3v) is 3.64. The van der Waals surface area contributed by atoms with Crippen molar-refractivity contribution in [1.29, 1.82) is 0 Å². The number of hydrogen-bond donors (Lipinski definition) is 0. The van der Waals surface area contributed by atoms with Crippen molar-refractivity contribution in [3.63, 3.8) is 0 Å². The van der Waals surface area contributed by atoms with E-state index in [1.165, 1.54) is 4.90 Å². The van der Waals surface area contributed by atoms with Gasteiger partial charge in [-0.1, -0.05) is 30.3 Å². The van der Waals surface area contributed by atoms with Crippen molar-refractivity contribution in [2.75, 3.05) is 19.7 Å². The Kier molecular flexibility index (Phi) is 5.94. The number of piperidine rings is 1. The van der Waals surface area contributed by atoms with E-state index in [-0.39, 0.29) is 25.3 Å². The molecule has 0 bridgehead atoms. The molecule has 2 rings (SSSR count). The van der Waals surface area contributed by atoms with Crippen LogP contribution in [0.1, 0.15) is 18.9 Å². The van der Waals surface area contributed by atoms with Gasteiger partial charge in [-0.2, -0.15) is 0 Å². The van der Waals surface area contributed by atoms with Gasteiger partial charge in [-0.05, 0) is 18.9 Å². The third kappa shape index (κ3) is 4.44. The van der Waals surface area contributed by atoms with Crippen molar-refractivity contribution in [1.82, 2.24) is 4.90 Å². The van der Waals surface area contributed by atoms with Crippen LogP contribution in [-0.2, 0) is 25.7 Å². The first-order chi connectivity index (χ1) is 11.2. The molecule has 0 spiro atoms. The number of esters is 1. The monoisotopic (exact) mass is 317 g/mol. The van der Waals surface area contributed by atoms with Gasteiger partial charge in [0.25, 0.3) is 0 Å². The smallest absolute Gasteiger partial charge is 0.410 e. The molecule has 1 aromatic rings. The summed E-state index contributed by atoms with van der Waals surface area (Å²) in [5.74, 6) is 0.707. The Bertz CT molecular complexity index is 607. The number of nitrogens with zero attached hydrogens (tertiary/aromatic N) is 1. The fourth-order valence-electron chi connectivity index (χ4n) is 2.43. The first kappa shape index (κ1) is 16.8. The normalized spacial score (nSPS) is 17.3. The molecular formula is C17H19NO5. The quantitative estimate of drug-likeness (QED) is 0.627. The van der Waals surface area contributed by atoms with E-state index >= 15 is 0 Å². The number of hydrogen-bond acceptors (Lipinski definition) is 5. The summed E-state index contributed by atoms with van der Waals surface area (Å²) in [5.41, 5.74) is 1.11. The maximum absolute atomic E-state index is 12.1. The molecule has 23 heavy (non-hydrogen) atoms. The molecule has 0 aromatic heterocycles. The van der Waals surface area contributed by atoms with Gasteiger partial charge < -0.3 is 14.4 Å². The summed E-state index contributed by atoms with van der Waals surface area (Å²) in [4.78, 5) is 36.4. The van der Waals surface area contributed by atoms with Crippen LogP contribution in [0, 0.1) is 5.92 Å².